The predicted molar refractivity (Wildman–Crippen MR) is 100 cm³/mol. The van der Waals surface area contributed by atoms with Gasteiger partial charge in [0.25, 0.3) is 0 Å². The van der Waals surface area contributed by atoms with E-state index in [0.717, 1.165) is 31.8 Å². The molecule has 2 N–H and O–H groups in total. The van der Waals surface area contributed by atoms with Gasteiger partial charge in [-0.1, -0.05) is 0 Å². The summed E-state index contributed by atoms with van der Waals surface area (Å²) in [5, 5.41) is 10.5. The fraction of sp³-hybridized carbons (Fsp3) is 0.368. The van der Waals surface area contributed by atoms with E-state index in [9.17, 15) is 9.18 Å². The van der Waals surface area contributed by atoms with E-state index in [4.69, 9.17) is 4.42 Å². The van der Waals surface area contributed by atoms with Crippen molar-refractivity contribution in [3.8, 4) is 11.5 Å². The minimum atomic E-state index is -0.331. The normalized spacial score (nSPS) is 14.9. The van der Waals surface area contributed by atoms with Crippen molar-refractivity contribution in [3.63, 3.8) is 0 Å². The Kier molecular flexibility index (Phi) is 5.16. The van der Waals surface area contributed by atoms with Crippen LogP contribution in [0.3, 0.4) is 0 Å². The highest BCUT2D eigenvalue weighted by Gasteiger charge is 2.21. The zero-order chi connectivity index (χ0) is 19.5. The molecule has 0 bridgehead atoms. The van der Waals surface area contributed by atoms with E-state index in [-0.39, 0.29) is 18.1 Å². The Bertz CT molecular complexity index is 959. The van der Waals surface area contributed by atoms with E-state index in [1.54, 1.807) is 23.9 Å². The molecule has 2 aromatic heterocycles. The predicted octanol–water partition coefficient (Wildman–Crippen LogP) is 2.26. The molecule has 0 saturated carbocycles. The van der Waals surface area contributed by atoms with Crippen LogP contribution in [0.1, 0.15) is 30.3 Å². The second-order valence-electron chi connectivity index (χ2n) is 6.82. The number of nitrogens with zero attached hydrogens (tertiary/aromatic N) is 4. The molecule has 4 rings (SSSR count). The molecule has 0 spiro atoms. The van der Waals surface area contributed by atoms with Gasteiger partial charge in [0.2, 0.25) is 17.7 Å². The number of rotatable bonds is 5. The summed E-state index contributed by atoms with van der Waals surface area (Å²) in [5.41, 5.74) is 1.13. The molecule has 3 heterocycles. The standard InChI is InChI=1S/C19H21FN6O2/c1-26-19(24-17(25-26)12-6-8-21-9-7-12)23-16(27)10-15-11-28-18(22-15)13-2-4-14(20)5-3-13/h2-5,11-12,21H,6-10H2,1H3,(H,23,24,25,27). The summed E-state index contributed by atoms with van der Waals surface area (Å²) in [6.07, 6.45) is 3.45. The second-order valence-corrected chi connectivity index (χ2v) is 6.82. The molecule has 28 heavy (non-hydrogen) atoms. The van der Waals surface area contributed by atoms with Gasteiger partial charge in [0, 0.05) is 18.5 Å². The molecule has 1 saturated heterocycles. The van der Waals surface area contributed by atoms with Crippen LogP contribution < -0.4 is 10.6 Å². The number of piperidine rings is 1. The summed E-state index contributed by atoms with van der Waals surface area (Å²) in [4.78, 5) is 21.2. The number of hydrogen-bond acceptors (Lipinski definition) is 6. The van der Waals surface area contributed by atoms with Crippen molar-refractivity contribution in [2.75, 3.05) is 18.4 Å². The highest BCUT2D eigenvalue weighted by molar-refractivity contribution is 5.90. The summed E-state index contributed by atoms with van der Waals surface area (Å²) in [5.74, 6) is 1.25. The van der Waals surface area contributed by atoms with E-state index in [0.29, 0.717) is 29.0 Å². The number of oxazole rings is 1. The van der Waals surface area contributed by atoms with Gasteiger partial charge in [-0.05, 0) is 50.2 Å². The first-order valence-electron chi connectivity index (χ1n) is 9.20. The number of carbonyl (C=O) groups excluding carboxylic acids is 1. The molecular formula is C19H21FN6O2. The van der Waals surface area contributed by atoms with Gasteiger partial charge < -0.3 is 9.73 Å². The SMILES string of the molecule is Cn1nc(C2CCNCC2)nc1NC(=O)Cc1coc(-c2ccc(F)cc2)n1. The molecule has 1 aromatic carbocycles. The monoisotopic (exact) mass is 384 g/mol. The molecule has 0 atom stereocenters. The van der Waals surface area contributed by atoms with Gasteiger partial charge in [0.05, 0.1) is 12.1 Å². The Balaban J connectivity index is 1.39. The smallest absolute Gasteiger partial charge is 0.232 e. The lowest BCUT2D eigenvalue weighted by Crippen LogP contribution is -2.27. The van der Waals surface area contributed by atoms with Crippen LogP contribution in [-0.4, -0.2) is 38.7 Å². The Morgan fingerprint density at radius 3 is 2.79 bits per heavy atom. The third kappa shape index (κ3) is 4.09. The van der Waals surface area contributed by atoms with Crippen molar-refractivity contribution >= 4 is 11.9 Å². The van der Waals surface area contributed by atoms with Crippen LogP contribution in [0.4, 0.5) is 10.3 Å². The van der Waals surface area contributed by atoms with Crippen molar-refractivity contribution in [1.82, 2.24) is 25.1 Å². The van der Waals surface area contributed by atoms with Crippen molar-refractivity contribution < 1.29 is 13.6 Å². The van der Waals surface area contributed by atoms with E-state index in [2.05, 4.69) is 25.7 Å². The molecular weight excluding hydrogens is 363 g/mol. The van der Waals surface area contributed by atoms with Crippen LogP contribution in [0, 0.1) is 5.82 Å². The molecule has 8 nitrogen and oxygen atoms in total. The summed E-state index contributed by atoms with van der Waals surface area (Å²) >= 11 is 0. The first-order valence-corrected chi connectivity index (χ1v) is 9.20. The average molecular weight is 384 g/mol. The van der Waals surface area contributed by atoms with Crippen LogP contribution in [-0.2, 0) is 18.3 Å². The summed E-state index contributed by atoms with van der Waals surface area (Å²) in [6.45, 7) is 1.90. The van der Waals surface area contributed by atoms with Gasteiger partial charge in [0.1, 0.15) is 12.1 Å². The lowest BCUT2D eigenvalue weighted by atomic mass is 9.98. The molecule has 1 fully saturated rings. The Hall–Kier alpha value is -3.07. The van der Waals surface area contributed by atoms with Gasteiger partial charge >= 0.3 is 0 Å². The number of amides is 1. The summed E-state index contributed by atoms with van der Waals surface area (Å²) in [7, 11) is 1.76. The average Bonchev–Trinajstić information content (AvgIpc) is 3.30. The number of nitrogens with one attached hydrogen (secondary N) is 2. The van der Waals surface area contributed by atoms with E-state index in [1.807, 2.05) is 0 Å². The van der Waals surface area contributed by atoms with Crippen LogP contribution >= 0.6 is 0 Å². The highest BCUT2D eigenvalue weighted by atomic mass is 19.1. The topological polar surface area (TPSA) is 97.9 Å². The molecule has 0 aliphatic carbocycles. The number of benzene rings is 1. The number of aromatic nitrogens is 4. The molecule has 1 aliphatic heterocycles. The first-order chi connectivity index (χ1) is 13.6. The fourth-order valence-electron chi connectivity index (χ4n) is 3.21. The zero-order valence-corrected chi connectivity index (χ0v) is 15.5. The third-order valence-corrected chi connectivity index (χ3v) is 4.72. The van der Waals surface area contributed by atoms with Crippen LogP contribution in [0.5, 0.6) is 0 Å². The molecule has 146 valence electrons. The van der Waals surface area contributed by atoms with Gasteiger partial charge in [-0.25, -0.2) is 14.1 Å². The van der Waals surface area contributed by atoms with E-state index < -0.39 is 0 Å². The molecule has 0 unspecified atom stereocenters. The van der Waals surface area contributed by atoms with Crippen LogP contribution in [0.25, 0.3) is 11.5 Å². The van der Waals surface area contributed by atoms with E-state index in [1.165, 1.54) is 18.4 Å². The molecule has 9 heteroatoms. The maximum Gasteiger partial charge on any atom is 0.232 e. The Morgan fingerprint density at radius 2 is 2.04 bits per heavy atom. The lowest BCUT2D eigenvalue weighted by Gasteiger charge is -2.19. The fourth-order valence-corrected chi connectivity index (χ4v) is 3.21. The van der Waals surface area contributed by atoms with E-state index >= 15 is 0 Å². The number of aryl methyl sites for hydroxylation is 1. The molecule has 1 amide bonds. The second kappa shape index (κ2) is 7.89. The van der Waals surface area contributed by atoms with Crippen molar-refractivity contribution in [1.29, 1.82) is 0 Å². The molecule has 3 aromatic rings. The number of halogens is 1. The van der Waals surface area contributed by atoms with Crippen molar-refractivity contribution in [3.05, 3.63) is 47.9 Å². The summed E-state index contributed by atoms with van der Waals surface area (Å²) in [6, 6.07) is 5.82. The minimum Gasteiger partial charge on any atom is -0.444 e. The largest absolute Gasteiger partial charge is 0.444 e. The third-order valence-electron chi connectivity index (χ3n) is 4.72. The van der Waals surface area contributed by atoms with Gasteiger partial charge in [0.15, 0.2) is 5.82 Å². The Labute approximate surface area is 161 Å². The Morgan fingerprint density at radius 1 is 1.29 bits per heavy atom. The number of hydrogen-bond donors (Lipinski definition) is 2. The maximum absolute atomic E-state index is 13.0. The van der Waals surface area contributed by atoms with Gasteiger partial charge in [-0.3, -0.25) is 10.1 Å². The first kappa shape index (κ1) is 18.3. The molecule has 1 aliphatic rings. The minimum absolute atomic E-state index is 0.0419. The zero-order valence-electron chi connectivity index (χ0n) is 15.5. The highest BCUT2D eigenvalue weighted by Crippen LogP contribution is 2.23. The number of anilines is 1. The summed E-state index contributed by atoms with van der Waals surface area (Å²) < 4.78 is 20.0. The van der Waals surface area contributed by atoms with Crippen LogP contribution in [0.15, 0.2) is 34.9 Å². The lowest BCUT2D eigenvalue weighted by molar-refractivity contribution is -0.115. The maximum atomic E-state index is 13.0. The number of carbonyl (C=O) groups is 1. The van der Waals surface area contributed by atoms with Crippen molar-refractivity contribution in [2.24, 2.45) is 7.05 Å². The van der Waals surface area contributed by atoms with Crippen LogP contribution in [0.2, 0.25) is 0 Å². The van der Waals surface area contributed by atoms with Gasteiger partial charge in [-0.2, -0.15) is 10.1 Å². The van der Waals surface area contributed by atoms with Crippen molar-refractivity contribution in [2.45, 2.75) is 25.2 Å². The quantitative estimate of drug-likeness (QED) is 0.700. The molecule has 0 radical (unpaired) electrons. The van der Waals surface area contributed by atoms with Gasteiger partial charge in [-0.15, -0.1) is 0 Å².